The van der Waals surface area contributed by atoms with Crippen LogP contribution >= 0.6 is 0 Å². The first kappa shape index (κ1) is 27.1. The van der Waals surface area contributed by atoms with Gasteiger partial charge >= 0.3 is 0 Å². The van der Waals surface area contributed by atoms with Crippen LogP contribution < -0.4 is 4.90 Å². The molecule has 0 spiro atoms. The molecule has 0 fully saturated rings. The Kier molecular flexibility index (Phi) is 7.16. The van der Waals surface area contributed by atoms with Crippen molar-refractivity contribution in [2.75, 3.05) is 11.9 Å². The standard InChI is InChI=1S/C29H22F4N4O3/c1-14-19(23(31)25(33)24(32)22(14)30)13-21(38)37(2)29-27(28(39)15-6-4-3-5-7-15)35-26-18-10-9-17(36-40)12-16(18)8-11-20(26)34-29/h3-7,9-10,12,28,39H,8,11,13H2,1-2H3. The van der Waals surface area contributed by atoms with E-state index in [1.165, 1.54) is 13.1 Å². The molecular formula is C29H22F4N4O3. The molecule has 5 rings (SSSR count). The minimum absolute atomic E-state index is 0.0138. The number of aromatic nitrogens is 2. The number of rotatable bonds is 6. The maximum Gasteiger partial charge on any atom is 0.232 e. The third-order valence-electron chi connectivity index (χ3n) is 7.08. The molecule has 0 aliphatic heterocycles. The third kappa shape index (κ3) is 4.62. The summed E-state index contributed by atoms with van der Waals surface area (Å²) in [6, 6.07) is 13.4. The summed E-state index contributed by atoms with van der Waals surface area (Å²) < 4.78 is 56.2. The van der Waals surface area contributed by atoms with Gasteiger partial charge in [-0.15, -0.1) is 4.91 Å². The van der Waals surface area contributed by atoms with Gasteiger partial charge in [0.25, 0.3) is 0 Å². The molecule has 3 aromatic carbocycles. The molecule has 1 heterocycles. The Balaban J connectivity index is 1.61. The molecule has 7 nitrogen and oxygen atoms in total. The molecule has 204 valence electrons. The maximum absolute atomic E-state index is 14.5. The molecule has 0 radical (unpaired) electrons. The van der Waals surface area contributed by atoms with Crippen molar-refractivity contribution in [3.8, 4) is 11.3 Å². The van der Waals surface area contributed by atoms with E-state index < -0.39 is 52.8 Å². The Morgan fingerprint density at radius 1 is 1.00 bits per heavy atom. The smallest absolute Gasteiger partial charge is 0.232 e. The molecule has 0 saturated carbocycles. The minimum Gasteiger partial charge on any atom is -0.382 e. The Morgan fingerprint density at radius 3 is 2.40 bits per heavy atom. The highest BCUT2D eigenvalue weighted by atomic mass is 19.2. The van der Waals surface area contributed by atoms with Gasteiger partial charge < -0.3 is 5.11 Å². The second-order valence-electron chi connectivity index (χ2n) is 9.46. The average Bonchev–Trinajstić information content (AvgIpc) is 2.99. The highest BCUT2D eigenvalue weighted by molar-refractivity contribution is 5.94. The van der Waals surface area contributed by atoms with Crippen molar-refractivity contribution in [1.82, 2.24) is 9.97 Å². The summed E-state index contributed by atoms with van der Waals surface area (Å²) >= 11 is 0. The zero-order valence-corrected chi connectivity index (χ0v) is 21.4. The fraction of sp³-hybridized carbons (Fsp3) is 0.207. The second kappa shape index (κ2) is 10.6. The fourth-order valence-electron chi connectivity index (χ4n) is 4.80. The average molecular weight is 551 g/mol. The molecule has 11 heteroatoms. The number of nitrogens with zero attached hydrogens (tertiary/aromatic N) is 4. The summed E-state index contributed by atoms with van der Waals surface area (Å²) in [5.74, 6) is -8.04. The Bertz CT molecular complexity index is 1630. The Labute approximate surface area is 226 Å². The Morgan fingerprint density at radius 2 is 1.70 bits per heavy atom. The number of hydrogen-bond donors (Lipinski definition) is 1. The van der Waals surface area contributed by atoms with Gasteiger partial charge in [0, 0.05) is 18.2 Å². The van der Waals surface area contributed by atoms with Crippen LogP contribution in [0.2, 0.25) is 0 Å². The lowest BCUT2D eigenvalue weighted by Crippen LogP contribution is -2.32. The van der Waals surface area contributed by atoms with E-state index in [4.69, 9.17) is 4.98 Å². The number of nitroso groups, excluding NO2 is 1. The maximum atomic E-state index is 14.5. The van der Waals surface area contributed by atoms with Crippen LogP contribution in [0.3, 0.4) is 0 Å². The van der Waals surface area contributed by atoms with Crippen molar-refractivity contribution in [3.63, 3.8) is 0 Å². The first-order valence-electron chi connectivity index (χ1n) is 12.3. The third-order valence-corrected chi connectivity index (χ3v) is 7.08. The zero-order chi connectivity index (χ0) is 28.7. The lowest BCUT2D eigenvalue weighted by atomic mass is 9.91. The number of hydrogen-bond acceptors (Lipinski definition) is 6. The molecule has 0 saturated heterocycles. The normalized spacial score (nSPS) is 12.9. The number of likely N-dealkylation sites (N-methyl/N-ethyl adjacent to an activating group) is 1. The largest absolute Gasteiger partial charge is 0.382 e. The van der Waals surface area contributed by atoms with Crippen molar-refractivity contribution >= 4 is 17.4 Å². The summed E-state index contributed by atoms with van der Waals surface area (Å²) in [5, 5.41) is 14.3. The molecule has 1 atom stereocenters. The number of benzene rings is 3. The van der Waals surface area contributed by atoms with Crippen molar-refractivity contribution in [1.29, 1.82) is 0 Å². The van der Waals surface area contributed by atoms with E-state index in [2.05, 4.69) is 10.2 Å². The first-order valence-corrected chi connectivity index (χ1v) is 12.3. The molecule has 1 N–H and O–H groups in total. The van der Waals surface area contributed by atoms with E-state index >= 15 is 0 Å². The van der Waals surface area contributed by atoms with E-state index in [0.717, 1.165) is 17.4 Å². The van der Waals surface area contributed by atoms with Crippen molar-refractivity contribution in [3.05, 3.63) is 110 Å². The van der Waals surface area contributed by atoms with Crippen LogP contribution in [0.5, 0.6) is 0 Å². The van der Waals surface area contributed by atoms with Crippen LogP contribution in [-0.4, -0.2) is 28.0 Å². The molecular weight excluding hydrogens is 528 g/mol. The number of carbonyl (C=O) groups is 1. The van der Waals surface area contributed by atoms with Gasteiger partial charge in [0.2, 0.25) is 5.91 Å². The summed E-state index contributed by atoms with van der Waals surface area (Å²) in [6.45, 7) is 1.05. The van der Waals surface area contributed by atoms with Crippen molar-refractivity contribution in [2.24, 2.45) is 5.18 Å². The number of aliphatic hydroxyl groups is 1. The highest BCUT2D eigenvalue weighted by Gasteiger charge is 2.30. The van der Waals surface area contributed by atoms with E-state index in [1.54, 1.807) is 42.5 Å². The first-order chi connectivity index (χ1) is 19.1. The van der Waals surface area contributed by atoms with Gasteiger partial charge in [0.05, 0.1) is 17.8 Å². The van der Waals surface area contributed by atoms with Crippen LogP contribution in [0.4, 0.5) is 29.1 Å². The van der Waals surface area contributed by atoms with Gasteiger partial charge in [-0.1, -0.05) is 36.4 Å². The van der Waals surface area contributed by atoms with Crippen LogP contribution in [0.1, 0.15) is 39.7 Å². The SMILES string of the molecule is Cc1c(F)c(F)c(F)c(F)c1CC(=O)N(C)c1nc2c(nc1C(O)c1ccccc1)-c1ccc(N=O)cc1CC2. The molecule has 1 amide bonds. The number of anilines is 1. The lowest BCUT2D eigenvalue weighted by molar-refractivity contribution is -0.117. The minimum atomic E-state index is -2.01. The van der Waals surface area contributed by atoms with Gasteiger partial charge in [-0.05, 0) is 53.8 Å². The van der Waals surface area contributed by atoms with Crippen LogP contribution in [0.25, 0.3) is 11.3 Å². The highest BCUT2D eigenvalue weighted by Crippen LogP contribution is 2.38. The molecule has 4 aromatic rings. The van der Waals surface area contributed by atoms with E-state index in [-0.39, 0.29) is 17.2 Å². The monoisotopic (exact) mass is 550 g/mol. The molecule has 1 aliphatic carbocycles. The Hall–Kier alpha value is -4.51. The zero-order valence-electron chi connectivity index (χ0n) is 21.4. The van der Waals surface area contributed by atoms with E-state index in [1.807, 2.05) is 0 Å². The fourth-order valence-corrected chi connectivity index (χ4v) is 4.80. The lowest BCUT2D eigenvalue weighted by Gasteiger charge is -2.26. The van der Waals surface area contributed by atoms with Crippen molar-refractivity contribution in [2.45, 2.75) is 32.3 Å². The number of fused-ring (bicyclic) bond motifs is 3. The molecule has 1 aliphatic rings. The summed E-state index contributed by atoms with van der Waals surface area (Å²) in [6.07, 6.45) is -1.22. The summed E-state index contributed by atoms with van der Waals surface area (Å²) in [5.41, 5.74) is 2.06. The van der Waals surface area contributed by atoms with Crippen LogP contribution in [-0.2, 0) is 24.1 Å². The number of aliphatic hydroxyl groups excluding tert-OH is 1. The summed E-state index contributed by atoms with van der Waals surface area (Å²) in [7, 11) is 1.32. The number of aryl methyl sites for hydroxylation is 2. The summed E-state index contributed by atoms with van der Waals surface area (Å²) in [4.78, 5) is 34.7. The van der Waals surface area contributed by atoms with Gasteiger partial charge in [-0.2, -0.15) is 0 Å². The van der Waals surface area contributed by atoms with Gasteiger partial charge in [0.1, 0.15) is 17.5 Å². The molecule has 0 bridgehead atoms. The van der Waals surface area contributed by atoms with Gasteiger partial charge in [-0.3, -0.25) is 9.69 Å². The van der Waals surface area contributed by atoms with Gasteiger partial charge in [0.15, 0.2) is 29.1 Å². The predicted molar refractivity (Wildman–Crippen MR) is 139 cm³/mol. The molecule has 40 heavy (non-hydrogen) atoms. The van der Waals surface area contributed by atoms with E-state index in [9.17, 15) is 32.4 Å². The number of halogens is 4. The molecule has 1 unspecified atom stereocenters. The number of carbonyl (C=O) groups excluding carboxylic acids is 1. The van der Waals surface area contributed by atoms with Crippen LogP contribution in [0.15, 0.2) is 53.7 Å². The van der Waals surface area contributed by atoms with Gasteiger partial charge in [-0.25, -0.2) is 27.5 Å². The predicted octanol–water partition coefficient (Wildman–Crippen LogP) is 5.79. The van der Waals surface area contributed by atoms with E-state index in [0.29, 0.717) is 35.4 Å². The molecule has 1 aromatic heterocycles. The van der Waals surface area contributed by atoms with Crippen molar-refractivity contribution < 1.29 is 27.5 Å². The topological polar surface area (TPSA) is 95.8 Å². The second-order valence-corrected chi connectivity index (χ2v) is 9.46. The quantitative estimate of drug-likeness (QED) is 0.142. The van der Waals surface area contributed by atoms with Crippen LogP contribution in [0, 0.1) is 35.1 Å². The number of amides is 1.